The molecule has 1 aliphatic heterocycles. The third-order valence-electron chi connectivity index (χ3n) is 4.26. The molecule has 0 radical (unpaired) electrons. The van der Waals surface area contributed by atoms with Crippen LogP contribution in [0.5, 0.6) is 0 Å². The van der Waals surface area contributed by atoms with Crippen LogP contribution < -0.4 is 0 Å². The highest BCUT2D eigenvalue weighted by Crippen LogP contribution is 2.10. The highest BCUT2D eigenvalue weighted by Gasteiger charge is 2.19. The molecule has 1 aromatic rings. The van der Waals surface area contributed by atoms with Crippen molar-refractivity contribution in [2.75, 3.05) is 26.2 Å². The Hall–Kier alpha value is -1.84. The lowest BCUT2D eigenvalue weighted by Crippen LogP contribution is -2.36. The molecule has 4 heteroatoms. The van der Waals surface area contributed by atoms with Crippen molar-refractivity contribution < 1.29 is 9.59 Å². The zero-order chi connectivity index (χ0) is 15.8. The molecule has 120 valence electrons. The van der Waals surface area contributed by atoms with Crippen LogP contribution in [0.1, 0.15) is 38.2 Å². The summed E-state index contributed by atoms with van der Waals surface area (Å²) in [5.41, 5.74) is 1.18. The van der Waals surface area contributed by atoms with Crippen LogP contribution in [-0.2, 0) is 16.0 Å². The summed E-state index contributed by atoms with van der Waals surface area (Å²) >= 11 is 0. The van der Waals surface area contributed by atoms with Gasteiger partial charge in [-0.15, -0.1) is 0 Å². The molecule has 0 spiro atoms. The first-order valence-electron chi connectivity index (χ1n) is 8.30. The van der Waals surface area contributed by atoms with Crippen LogP contribution in [0.2, 0.25) is 0 Å². The minimum absolute atomic E-state index is 0.139. The van der Waals surface area contributed by atoms with E-state index in [1.165, 1.54) is 5.56 Å². The van der Waals surface area contributed by atoms with E-state index >= 15 is 0 Å². The maximum absolute atomic E-state index is 12.3. The number of hydrogen-bond acceptors (Lipinski definition) is 2. The highest BCUT2D eigenvalue weighted by molar-refractivity contribution is 5.79. The molecule has 2 rings (SSSR count). The van der Waals surface area contributed by atoms with Crippen molar-refractivity contribution in [2.24, 2.45) is 0 Å². The van der Waals surface area contributed by atoms with E-state index in [1.54, 1.807) is 4.90 Å². The summed E-state index contributed by atoms with van der Waals surface area (Å²) in [5.74, 6) is 0.326. The molecule has 0 N–H and O–H groups in total. The zero-order valence-electron chi connectivity index (χ0n) is 13.5. The third-order valence-corrected chi connectivity index (χ3v) is 4.26. The quantitative estimate of drug-likeness (QED) is 0.776. The Morgan fingerprint density at radius 1 is 1.09 bits per heavy atom. The van der Waals surface area contributed by atoms with E-state index in [1.807, 2.05) is 42.2 Å². The molecule has 1 saturated heterocycles. The van der Waals surface area contributed by atoms with E-state index in [0.29, 0.717) is 25.9 Å². The number of carbonyl (C=O) groups is 2. The van der Waals surface area contributed by atoms with Crippen molar-refractivity contribution in [3.8, 4) is 0 Å². The van der Waals surface area contributed by atoms with Gasteiger partial charge in [-0.3, -0.25) is 9.59 Å². The van der Waals surface area contributed by atoms with Gasteiger partial charge in [0.1, 0.15) is 0 Å². The Labute approximate surface area is 133 Å². The smallest absolute Gasteiger partial charge is 0.224 e. The number of rotatable bonds is 7. The minimum atomic E-state index is 0.139. The molecule has 4 nitrogen and oxygen atoms in total. The molecule has 0 saturated carbocycles. The second-order valence-electron chi connectivity index (χ2n) is 5.80. The van der Waals surface area contributed by atoms with Gasteiger partial charge in [0.05, 0.1) is 0 Å². The van der Waals surface area contributed by atoms with Gasteiger partial charge in [0, 0.05) is 39.0 Å². The Balaban J connectivity index is 1.75. The van der Waals surface area contributed by atoms with Crippen LogP contribution in [0.3, 0.4) is 0 Å². The van der Waals surface area contributed by atoms with E-state index in [2.05, 4.69) is 0 Å². The number of likely N-dealkylation sites (tertiary alicyclic amines) is 1. The molecule has 0 bridgehead atoms. The summed E-state index contributed by atoms with van der Waals surface area (Å²) in [4.78, 5) is 28.1. The highest BCUT2D eigenvalue weighted by atomic mass is 16.2. The maximum atomic E-state index is 12.3. The monoisotopic (exact) mass is 302 g/mol. The number of amides is 2. The summed E-state index contributed by atoms with van der Waals surface area (Å²) in [6.07, 6.45) is 3.94. The van der Waals surface area contributed by atoms with Gasteiger partial charge in [-0.1, -0.05) is 30.3 Å². The van der Waals surface area contributed by atoms with Gasteiger partial charge < -0.3 is 9.80 Å². The Bertz CT molecular complexity index is 481. The molecule has 1 aliphatic rings. The first-order chi connectivity index (χ1) is 10.7. The Kier molecular flexibility index (Phi) is 6.44. The molecular weight excluding hydrogens is 276 g/mol. The minimum Gasteiger partial charge on any atom is -0.343 e. The van der Waals surface area contributed by atoms with Gasteiger partial charge in [-0.05, 0) is 31.7 Å². The number of benzene rings is 1. The topological polar surface area (TPSA) is 40.6 Å². The molecule has 1 heterocycles. The molecule has 0 aromatic heterocycles. The second kappa shape index (κ2) is 8.57. The molecule has 22 heavy (non-hydrogen) atoms. The number of aryl methyl sites for hydroxylation is 1. The second-order valence-corrected chi connectivity index (χ2v) is 5.80. The number of carbonyl (C=O) groups excluding carboxylic acids is 2. The molecule has 0 unspecified atom stereocenters. The van der Waals surface area contributed by atoms with E-state index < -0.39 is 0 Å². The van der Waals surface area contributed by atoms with Crippen molar-refractivity contribution in [1.82, 2.24) is 9.80 Å². The fourth-order valence-corrected chi connectivity index (χ4v) is 2.87. The van der Waals surface area contributed by atoms with E-state index in [0.717, 1.165) is 32.4 Å². The van der Waals surface area contributed by atoms with E-state index in [-0.39, 0.29) is 11.8 Å². The predicted octanol–water partition coefficient (Wildman–Crippen LogP) is 2.48. The summed E-state index contributed by atoms with van der Waals surface area (Å²) in [6, 6.07) is 10.0. The van der Waals surface area contributed by atoms with Gasteiger partial charge in [0.25, 0.3) is 0 Å². The van der Waals surface area contributed by atoms with Crippen molar-refractivity contribution in [3.63, 3.8) is 0 Å². The van der Waals surface area contributed by atoms with Crippen LogP contribution >= 0.6 is 0 Å². The van der Waals surface area contributed by atoms with Crippen LogP contribution in [0.25, 0.3) is 0 Å². The first-order valence-corrected chi connectivity index (χ1v) is 8.30. The van der Waals surface area contributed by atoms with Crippen LogP contribution in [-0.4, -0.2) is 47.8 Å². The fraction of sp³-hybridized carbons (Fsp3) is 0.556. The Morgan fingerprint density at radius 3 is 2.41 bits per heavy atom. The lowest BCUT2D eigenvalue weighted by molar-refractivity contribution is -0.133. The van der Waals surface area contributed by atoms with Crippen molar-refractivity contribution in [1.29, 1.82) is 0 Å². The number of hydrogen-bond donors (Lipinski definition) is 0. The molecule has 2 amide bonds. The van der Waals surface area contributed by atoms with Gasteiger partial charge >= 0.3 is 0 Å². The largest absolute Gasteiger partial charge is 0.343 e. The summed E-state index contributed by atoms with van der Waals surface area (Å²) in [5, 5.41) is 0. The van der Waals surface area contributed by atoms with Gasteiger partial charge in [0.15, 0.2) is 0 Å². The van der Waals surface area contributed by atoms with Gasteiger partial charge in [0.2, 0.25) is 11.8 Å². The zero-order valence-corrected chi connectivity index (χ0v) is 13.5. The summed E-state index contributed by atoms with van der Waals surface area (Å²) in [7, 11) is 0. The molecule has 1 aromatic carbocycles. The lowest BCUT2D eigenvalue weighted by Gasteiger charge is -2.22. The predicted molar refractivity (Wildman–Crippen MR) is 87.4 cm³/mol. The van der Waals surface area contributed by atoms with Crippen molar-refractivity contribution in [3.05, 3.63) is 35.9 Å². The molecule has 1 fully saturated rings. The first kappa shape index (κ1) is 16.5. The number of nitrogens with zero attached hydrogens (tertiary/aromatic N) is 2. The van der Waals surface area contributed by atoms with Crippen LogP contribution in [0, 0.1) is 0 Å². The van der Waals surface area contributed by atoms with E-state index in [9.17, 15) is 9.59 Å². The van der Waals surface area contributed by atoms with Gasteiger partial charge in [-0.25, -0.2) is 0 Å². The average Bonchev–Trinajstić information content (AvgIpc) is 3.09. The molecule has 0 aliphatic carbocycles. The van der Waals surface area contributed by atoms with Crippen LogP contribution in [0.4, 0.5) is 0 Å². The SMILES string of the molecule is CCN(CCC(=O)N1CCCC1)C(=O)CCc1ccccc1. The van der Waals surface area contributed by atoms with Crippen molar-refractivity contribution >= 4 is 11.8 Å². The molecular formula is C18H26N2O2. The van der Waals surface area contributed by atoms with Crippen molar-refractivity contribution in [2.45, 2.75) is 39.0 Å². The average molecular weight is 302 g/mol. The lowest BCUT2D eigenvalue weighted by atomic mass is 10.1. The van der Waals surface area contributed by atoms with E-state index in [4.69, 9.17) is 0 Å². The maximum Gasteiger partial charge on any atom is 0.224 e. The Morgan fingerprint density at radius 2 is 1.77 bits per heavy atom. The summed E-state index contributed by atoms with van der Waals surface area (Å²) < 4.78 is 0. The summed E-state index contributed by atoms with van der Waals surface area (Å²) in [6.45, 7) is 4.95. The fourth-order valence-electron chi connectivity index (χ4n) is 2.87. The molecule has 0 atom stereocenters. The van der Waals surface area contributed by atoms with Gasteiger partial charge in [-0.2, -0.15) is 0 Å². The van der Waals surface area contributed by atoms with Crippen LogP contribution in [0.15, 0.2) is 30.3 Å². The normalized spacial score (nSPS) is 14.1. The third kappa shape index (κ3) is 4.86. The standard InChI is InChI=1S/C18H26N2O2/c1-2-19(15-12-18(22)20-13-6-7-14-20)17(21)11-10-16-8-4-3-5-9-16/h3-5,8-9H,2,6-7,10-15H2,1H3.